The SMILES string of the molecule is O=C(NC(C1CCCCC1)C1CCCCC1)c1cncc(-c2cc(F)cc(Cl)c2)c1. The average molecular weight is 429 g/mol. The monoisotopic (exact) mass is 428 g/mol. The molecule has 0 aliphatic heterocycles. The van der Waals surface area contributed by atoms with Gasteiger partial charge < -0.3 is 5.32 Å². The molecule has 5 heteroatoms. The summed E-state index contributed by atoms with van der Waals surface area (Å²) in [6.07, 6.45) is 15.8. The van der Waals surface area contributed by atoms with Crippen LogP contribution >= 0.6 is 11.6 Å². The molecule has 3 nitrogen and oxygen atoms in total. The predicted molar refractivity (Wildman–Crippen MR) is 119 cm³/mol. The molecule has 0 bridgehead atoms. The standard InChI is InChI=1S/C25H30ClFN2O/c26-22-12-19(13-23(27)14-22)20-11-21(16-28-15-20)25(30)29-24(17-7-3-1-4-8-17)18-9-5-2-6-10-18/h11-18,24H,1-10H2,(H,29,30). The number of nitrogens with one attached hydrogen (secondary N) is 1. The van der Waals surface area contributed by atoms with Crippen molar-refractivity contribution in [1.82, 2.24) is 10.3 Å². The largest absolute Gasteiger partial charge is 0.349 e. The van der Waals surface area contributed by atoms with Crippen molar-refractivity contribution in [2.24, 2.45) is 11.8 Å². The Labute approximate surface area is 183 Å². The van der Waals surface area contributed by atoms with Gasteiger partial charge in [-0.25, -0.2) is 4.39 Å². The zero-order valence-corrected chi connectivity index (χ0v) is 18.1. The van der Waals surface area contributed by atoms with Crippen LogP contribution in [-0.4, -0.2) is 16.9 Å². The van der Waals surface area contributed by atoms with Crippen LogP contribution in [-0.2, 0) is 0 Å². The molecule has 0 atom stereocenters. The highest BCUT2D eigenvalue weighted by Gasteiger charge is 2.32. The minimum atomic E-state index is -0.401. The van der Waals surface area contributed by atoms with Gasteiger partial charge in [0.25, 0.3) is 5.91 Å². The molecule has 1 heterocycles. The quantitative estimate of drug-likeness (QED) is 0.568. The number of carbonyl (C=O) groups is 1. The molecule has 30 heavy (non-hydrogen) atoms. The van der Waals surface area contributed by atoms with Gasteiger partial charge in [-0.3, -0.25) is 9.78 Å². The lowest BCUT2D eigenvalue weighted by Crippen LogP contribution is -2.46. The zero-order valence-electron chi connectivity index (χ0n) is 17.4. The van der Waals surface area contributed by atoms with Crippen molar-refractivity contribution < 1.29 is 9.18 Å². The number of nitrogens with zero attached hydrogens (tertiary/aromatic N) is 1. The molecule has 0 spiro atoms. The maximum absolute atomic E-state index is 13.8. The average Bonchev–Trinajstić information content (AvgIpc) is 2.78. The molecule has 1 amide bonds. The third-order valence-corrected chi connectivity index (χ3v) is 7.03. The van der Waals surface area contributed by atoms with Gasteiger partial charge in [0.05, 0.1) is 5.56 Å². The van der Waals surface area contributed by atoms with Crippen molar-refractivity contribution in [1.29, 1.82) is 0 Å². The third kappa shape index (κ3) is 5.21. The van der Waals surface area contributed by atoms with Crippen LogP contribution in [0.2, 0.25) is 5.02 Å². The van der Waals surface area contributed by atoms with Gasteiger partial charge in [0.2, 0.25) is 0 Å². The molecule has 2 aliphatic rings. The molecule has 1 N–H and O–H groups in total. The zero-order chi connectivity index (χ0) is 20.9. The Morgan fingerprint density at radius 2 is 1.53 bits per heavy atom. The highest BCUT2D eigenvalue weighted by Crippen LogP contribution is 2.36. The first-order valence-electron chi connectivity index (χ1n) is 11.3. The van der Waals surface area contributed by atoms with Crippen molar-refractivity contribution in [2.45, 2.75) is 70.3 Å². The number of carbonyl (C=O) groups excluding carboxylic acids is 1. The summed E-state index contributed by atoms with van der Waals surface area (Å²) in [6.45, 7) is 0. The van der Waals surface area contributed by atoms with Gasteiger partial charge in [-0.2, -0.15) is 0 Å². The van der Waals surface area contributed by atoms with E-state index in [0.717, 1.165) is 0 Å². The molecule has 160 valence electrons. The Hall–Kier alpha value is -1.94. The van der Waals surface area contributed by atoms with Gasteiger partial charge in [-0.15, -0.1) is 0 Å². The number of amides is 1. The Bertz CT molecular complexity index is 837. The molecular formula is C25H30ClFN2O. The van der Waals surface area contributed by atoms with Crippen molar-refractivity contribution in [3.05, 3.63) is 53.1 Å². The molecule has 1 aromatic carbocycles. The second kappa shape index (κ2) is 9.91. The highest BCUT2D eigenvalue weighted by atomic mass is 35.5. The Morgan fingerprint density at radius 1 is 0.900 bits per heavy atom. The van der Waals surface area contributed by atoms with Gasteiger partial charge in [0, 0.05) is 29.0 Å². The van der Waals surface area contributed by atoms with Crippen LogP contribution in [0.25, 0.3) is 11.1 Å². The number of halogens is 2. The van der Waals surface area contributed by atoms with Crippen LogP contribution < -0.4 is 5.32 Å². The van der Waals surface area contributed by atoms with Gasteiger partial charge in [-0.05, 0) is 67.3 Å². The van der Waals surface area contributed by atoms with Gasteiger partial charge in [-0.1, -0.05) is 50.1 Å². The minimum Gasteiger partial charge on any atom is -0.349 e. The molecule has 1 aromatic heterocycles. The van der Waals surface area contributed by atoms with E-state index in [1.165, 1.54) is 76.3 Å². The van der Waals surface area contributed by atoms with Crippen molar-refractivity contribution in [2.75, 3.05) is 0 Å². The first kappa shape index (κ1) is 21.3. The van der Waals surface area contributed by atoms with E-state index in [-0.39, 0.29) is 11.9 Å². The molecule has 0 unspecified atom stereocenters. The lowest BCUT2D eigenvalue weighted by molar-refractivity contribution is 0.0860. The molecule has 2 aromatic rings. The maximum Gasteiger partial charge on any atom is 0.253 e. The topological polar surface area (TPSA) is 42.0 Å². The smallest absolute Gasteiger partial charge is 0.253 e. The van der Waals surface area contributed by atoms with E-state index in [1.807, 2.05) is 0 Å². The fourth-order valence-electron chi connectivity index (χ4n) is 5.28. The molecule has 2 aliphatic carbocycles. The summed E-state index contributed by atoms with van der Waals surface area (Å²) >= 11 is 6.00. The molecule has 2 fully saturated rings. The van der Waals surface area contributed by atoms with Crippen LogP contribution in [0, 0.1) is 17.7 Å². The Morgan fingerprint density at radius 3 is 2.13 bits per heavy atom. The number of benzene rings is 1. The number of hydrogen-bond donors (Lipinski definition) is 1. The summed E-state index contributed by atoms with van der Waals surface area (Å²) in [5, 5.41) is 3.72. The number of pyridine rings is 1. The lowest BCUT2D eigenvalue weighted by atomic mass is 9.73. The van der Waals surface area contributed by atoms with E-state index in [1.54, 1.807) is 24.5 Å². The molecule has 4 rings (SSSR count). The lowest BCUT2D eigenvalue weighted by Gasteiger charge is -2.38. The van der Waals surface area contributed by atoms with E-state index in [0.29, 0.717) is 33.5 Å². The van der Waals surface area contributed by atoms with E-state index in [4.69, 9.17) is 11.6 Å². The van der Waals surface area contributed by atoms with E-state index < -0.39 is 5.82 Å². The third-order valence-electron chi connectivity index (χ3n) is 6.81. The predicted octanol–water partition coefficient (Wildman–Crippen LogP) is 6.80. The summed E-state index contributed by atoms with van der Waals surface area (Å²) in [4.78, 5) is 17.5. The Balaban J connectivity index is 1.54. The summed E-state index contributed by atoms with van der Waals surface area (Å²) in [7, 11) is 0. The van der Waals surface area contributed by atoms with Crippen molar-refractivity contribution >= 4 is 17.5 Å². The fourth-order valence-corrected chi connectivity index (χ4v) is 5.51. The number of aromatic nitrogens is 1. The second-order valence-electron chi connectivity index (χ2n) is 8.92. The van der Waals surface area contributed by atoms with Crippen LogP contribution in [0.5, 0.6) is 0 Å². The summed E-state index contributed by atoms with van der Waals surface area (Å²) < 4.78 is 13.8. The highest BCUT2D eigenvalue weighted by molar-refractivity contribution is 6.30. The van der Waals surface area contributed by atoms with Crippen LogP contribution in [0.4, 0.5) is 4.39 Å². The summed E-state index contributed by atoms with van der Waals surface area (Å²) in [5.41, 5.74) is 1.83. The van der Waals surface area contributed by atoms with Crippen LogP contribution in [0.3, 0.4) is 0 Å². The first-order chi connectivity index (χ1) is 14.6. The summed E-state index contributed by atoms with van der Waals surface area (Å²) in [5.74, 6) is 0.669. The fraction of sp³-hybridized carbons (Fsp3) is 0.520. The maximum atomic E-state index is 13.8. The van der Waals surface area contributed by atoms with Crippen molar-refractivity contribution in [3.63, 3.8) is 0 Å². The number of rotatable bonds is 5. The summed E-state index contributed by atoms with van der Waals surface area (Å²) in [6, 6.07) is 6.40. The van der Waals surface area contributed by atoms with E-state index >= 15 is 0 Å². The second-order valence-corrected chi connectivity index (χ2v) is 9.35. The molecular weight excluding hydrogens is 399 g/mol. The van der Waals surface area contributed by atoms with E-state index in [2.05, 4.69) is 10.3 Å². The van der Waals surface area contributed by atoms with Crippen molar-refractivity contribution in [3.8, 4) is 11.1 Å². The molecule has 0 saturated heterocycles. The van der Waals surface area contributed by atoms with Gasteiger partial charge in [0.15, 0.2) is 0 Å². The minimum absolute atomic E-state index is 0.0759. The van der Waals surface area contributed by atoms with Crippen LogP contribution in [0.15, 0.2) is 36.7 Å². The van der Waals surface area contributed by atoms with Crippen LogP contribution in [0.1, 0.15) is 74.6 Å². The normalized spacial score (nSPS) is 18.5. The van der Waals surface area contributed by atoms with Gasteiger partial charge >= 0.3 is 0 Å². The Kier molecular flexibility index (Phi) is 7.04. The van der Waals surface area contributed by atoms with E-state index in [9.17, 15) is 9.18 Å². The van der Waals surface area contributed by atoms with Gasteiger partial charge in [0.1, 0.15) is 5.82 Å². The molecule has 0 radical (unpaired) electrons. The molecule has 2 saturated carbocycles. The first-order valence-corrected chi connectivity index (χ1v) is 11.7. The number of hydrogen-bond acceptors (Lipinski definition) is 2.